The minimum atomic E-state index is -0.579. The van der Waals surface area contributed by atoms with Gasteiger partial charge in [0.1, 0.15) is 0 Å². The third-order valence-corrected chi connectivity index (χ3v) is 6.90. The lowest BCUT2D eigenvalue weighted by molar-refractivity contribution is 0.0829. The Labute approximate surface area is 219 Å². The van der Waals surface area contributed by atoms with Crippen molar-refractivity contribution >= 4 is 40.1 Å². The summed E-state index contributed by atoms with van der Waals surface area (Å²) >= 11 is 13.0. The maximum absolute atomic E-state index is 13.1. The molecule has 0 atom stereocenters. The van der Waals surface area contributed by atoms with Crippen LogP contribution in [0.4, 0.5) is 0 Å². The number of rotatable bonds is 4. The Kier molecular flexibility index (Phi) is 6.01. The monoisotopic (exact) mass is 517 g/mol. The molecule has 36 heavy (non-hydrogen) atoms. The molecule has 0 aliphatic rings. The van der Waals surface area contributed by atoms with E-state index in [0.717, 1.165) is 44.5 Å². The minimum absolute atomic E-state index is 0.0644. The first-order chi connectivity index (χ1) is 17.0. The molecule has 5 nitrogen and oxygen atoms in total. The van der Waals surface area contributed by atoms with Gasteiger partial charge in [0.05, 0.1) is 16.9 Å². The van der Waals surface area contributed by atoms with Gasteiger partial charge in [-0.3, -0.25) is 9.89 Å². The summed E-state index contributed by atoms with van der Waals surface area (Å²) < 4.78 is 6.06. The number of halogens is 2. The van der Waals surface area contributed by atoms with Crippen molar-refractivity contribution < 1.29 is 9.21 Å². The maximum atomic E-state index is 13.1. The second-order valence-electron chi connectivity index (χ2n) is 9.98. The lowest BCUT2D eigenvalue weighted by Crippen LogP contribution is -2.20. The summed E-state index contributed by atoms with van der Waals surface area (Å²) in [5.41, 5.74) is 6.71. The number of carbonyl (C=O) groups excluding carboxylic acids is 1. The summed E-state index contributed by atoms with van der Waals surface area (Å²) in [5, 5.41) is 9.05. The Morgan fingerprint density at radius 2 is 1.61 bits per heavy atom. The van der Waals surface area contributed by atoms with E-state index >= 15 is 0 Å². The van der Waals surface area contributed by atoms with Gasteiger partial charge in [-0.25, -0.2) is 4.98 Å². The molecule has 0 fully saturated rings. The van der Waals surface area contributed by atoms with Gasteiger partial charge in [-0.15, -0.1) is 0 Å². The highest BCUT2D eigenvalue weighted by molar-refractivity contribution is 6.34. The standard InChI is InChI=1S/C29H25Cl2N3O2/c1-15-21-13-22(17-6-9-19(30)10-7-17)25(33-28(21)36-26(15)27(35)29(3,4)5)20-11-8-18(12-24(20)31)23-14-32-34-16(23)2/h6-14H,1-5H3,(H,32,34). The molecular formula is C29H25Cl2N3O2. The van der Waals surface area contributed by atoms with Crippen LogP contribution < -0.4 is 0 Å². The van der Waals surface area contributed by atoms with Crippen LogP contribution in [0.15, 0.2) is 59.1 Å². The Balaban J connectivity index is 1.74. The molecule has 0 amide bonds. The fourth-order valence-corrected chi connectivity index (χ4v) is 4.66. The third-order valence-electron chi connectivity index (χ3n) is 6.34. The van der Waals surface area contributed by atoms with E-state index in [4.69, 9.17) is 32.6 Å². The molecule has 0 aliphatic carbocycles. The Morgan fingerprint density at radius 3 is 2.22 bits per heavy atom. The first-order valence-electron chi connectivity index (χ1n) is 11.6. The first kappa shape index (κ1) is 24.3. The number of pyridine rings is 1. The lowest BCUT2D eigenvalue weighted by Gasteiger charge is -2.14. The van der Waals surface area contributed by atoms with Gasteiger partial charge >= 0.3 is 0 Å². The summed E-state index contributed by atoms with van der Waals surface area (Å²) in [4.78, 5) is 18.0. The number of ketones is 1. The molecule has 0 bridgehead atoms. The van der Waals surface area contributed by atoms with E-state index in [1.165, 1.54) is 0 Å². The molecule has 0 saturated carbocycles. The van der Waals surface area contributed by atoms with Crippen molar-refractivity contribution in [3.63, 3.8) is 0 Å². The highest BCUT2D eigenvalue weighted by atomic mass is 35.5. The zero-order chi connectivity index (χ0) is 25.8. The lowest BCUT2D eigenvalue weighted by atomic mass is 9.88. The largest absolute Gasteiger partial charge is 0.434 e. The van der Waals surface area contributed by atoms with Crippen LogP contribution >= 0.6 is 23.2 Å². The van der Waals surface area contributed by atoms with Crippen LogP contribution in [0.2, 0.25) is 10.0 Å². The topological polar surface area (TPSA) is 71.8 Å². The summed E-state index contributed by atoms with van der Waals surface area (Å²) in [6.45, 7) is 9.50. The van der Waals surface area contributed by atoms with E-state index in [0.29, 0.717) is 27.2 Å². The molecular weight excluding hydrogens is 493 g/mol. The van der Waals surface area contributed by atoms with Crippen molar-refractivity contribution in [2.45, 2.75) is 34.6 Å². The van der Waals surface area contributed by atoms with Crippen LogP contribution in [0.1, 0.15) is 42.6 Å². The molecule has 3 heterocycles. The molecule has 0 unspecified atom stereocenters. The van der Waals surface area contributed by atoms with Crippen LogP contribution in [0.3, 0.4) is 0 Å². The van der Waals surface area contributed by atoms with Gasteiger partial charge in [-0.1, -0.05) is 68.2 Å². The van der Waals surface area contributed by atoms with Gasteiger partial charge in [0.15, 0.2) is 5.76 Å². The molecule has 1 N–H and O–H groups in total. The van der Waals surface area contributed by atoms with E-state index in [9.17, 15) is 4.79 Å². The number of Topliss-reactive ketones (excluding diaryl/α,β-unsaturated/α-hetero) is 1. The molecule has 7 heteroatoms. The predicted octanol–water partition coefficient (Wildman–Crippen LogP) is 8.70. The molecule has 3 aromatic heterocycles. The van der Waals surface area contributed by atoms with Gasteiger partial charge in [-0.05, 0) is 49.2 Å². The van der Waals surface area contributed by atoms with Crippen LogP contribution in [0.25, 0.3) is 44.6 Å². The SMILES string of the molecule is Cc1[nH]ncc1-c1ccc(-c2nc3oc(C(=O)C(C)(C)C)c(C)c3cc2-c2ccc(Cl)cc2)c(Cl)c1. The van der Waals surface area contributed by atoms with Gasteiger partial charge in [-0.2, -0.15) is 5.10 Å². The Bertz CT molecular complexity index is 1620. The summed E-state index contributed by atoms with van der Waals surface area (Å²) in [6, 6.07) is 15.5. The van der Waals surface area contributed by atoms with Crippen molar-refractivity contribution in [1.29, 1.82) is 0 Å². The van der Waals surface area contributed by atoms with Gasteiger partial charge in [0.25, 0.3) is 0 Å². The van der Waals surface area contributed by atoms with Crippen molar-refractivity contribution in [2.24, 2.45) is 5.41 Å². The number of hydrogen-bond acceptors (Lipinski definition) is 4. The molecule has 2 aromatic carbocycles. The van der Waals surface area contributed by atoms with Crippen LogP contribution in [0.5, 0.6) is 0 Å². The van der Waals surface area contributed by atoms with E-state index < -0.39 is 5.41 Å². The normalized spacial score (nSPS) is 11.9. The highest BCUT2D eigenvalue weighted by Crippen LogP contribution is 2.41. The van der Waals surface area contributed by atoms with Crippen molar-refractivity contribution in [3.8, 4) is 33.5 Å². The summed E-state index contributed by atoms with van der Waals surface area (Å²) in [6.07, 6.45) is 1.78. The average Bonchev–Trinajstić information content (AvgIpc) is 3.40. The second-order valence-corrected chi connectivity index (χ2v) is 10.8. The van der Waals surface area contributed by atoms with Gasteiger partial charge in [0, 0.05) is 43.8 Å². The first-order valence-corrected chi connectivity index (χ1v) is 12.4. The molecule has 0 aliphatic heterocycles. The van der Waals surface area contributed by atoms with Crippen LogP contribution in [-0.4, -0.2) is 21.0 Å². The Hall–Kier alpha value is -3.41. The highest BCUT2D eigenvalue weighted by Gasteiger charge is 2.29. The summed E-state index contributed by atoms with van der Waals surface area (Å²) in [7, 11) is 0. The molecule has 0 saturated heterocycles. The maximum Gasteiger partial charge on any atom is 0.227 e. The fourth-order valence-electron chi connectivity index (χ4n) is 4.27. The van der Waals surface area contributed by atoms with E-state index in [1.807, 2.05) is 83.1 Å². The predicted molar refractivity (Wildman–Crippen MR) is 146 cm³/mol. The zero-order valence-corrected chi connectivity index (χ0v) is 22.2. The number of furan rings is 1. The number of nitrogens with one attached hydrogen (secondary N) is 1. The van der Waals surface area contributed by atoms with Gasteiger partial charge < -0.3 is 4.42 Å². The number of carbonyl (C=O) groups is 1. The van der Waals surface area contributed by atoms with Crippen molar-refractivity contribution in [3.05, 3.63) is 81.8 Å². The number of H-pyrrole nitrogens is 1. The van der Waals surface area contributed by atoms with Crippen molar-refractivity contribution in [1.82, 2.24) is 15.2 Å². The van der Waals surface area contributed by atoms with Crippen LogP contribution in [0, 0.1) is 19.3 Å². The van der Waals surface area contributed by atoms with E-state index in [-0.39, 0.29) is 5.78 Å². The van der Waals surface area contributed by atoms with Gasteiger partial charge in [0.2, 0.25) is 11.5 Å². The van der Waals surface area contributed by atoms with E-state index in [2.05, 4.69) is 10.2 Å². The minimum Gasteiger partial charge on any atom is -0.434 e. The molecule has 5 aromatic rings. The van der Waals surface area contributed by atoms with Crippen molar-refractivity contribution in [2.75, 3.05) is 0 Å². The summed E-state index contributed by atoms with van der Waals surface area (Å²) in [5.74, 6) is 0.270. The van der Waals surface area contributed by atoms with Crippen LogP contribution in [-0.2, 0) is 0 Å². The fraction of sp³-hybridized carbons (Fsp3) is 0.207. The quantitative estimate of drug-likeness (QED) is 0.242. The molecule has 182 valence electrons. The number of aromatic amines is 1. The average molecular weight is 518 g/mol. The molecule has 0 spiro atoms. The number of hydrogen-bond donors (Lipinski definition) is 1. The number of benzene rings is 2. The Morgan fingerprint density at radius 1 is 0.917 bits per heavy atom. The second kappa shape index (κ2) is 8.91. The number of nitrogens with zero attached hydrogens (tertiary/aromatic N) is 2. The van der Waals surface area contributed by atoms with E-state index in [1.54, 1.807) is 6.20 Å². The zero-order valence-electron chi connectivity index (χ0n) is 20.7. The smallest absolute Gasteiger partial charge is 0.227 e. The number of fused-ring (bicyclic) bond motifs is 1. The number of aryl methyl sites for hydroxylation is 2. The number of aromatic nitrogens is 3. The molecule has 0 radical (unpaired) electrons. The third kappa shape index (κ3) is 4.23. The molecule has 5 rings (SSSR count).